The number of fused-ring (bicyclic) bond motifs is 1. The van der Waals surface area contributed by atoms with Crippen LogP contribution in [-0.4, -0.2) is 66.6 Å². The molecule has 0 bridgehead atoms. The molecule has 0 radical (unpaired) electrons. The summed E-state index contributed by atoms with van der Waals surface area (Å²) in [7, 11) is 0. The van der Waals surface area contributed by atoms with E-state index in [-0.39, 0.29) is 36.8 Å². The summed E-state index contributed by atoms with van der Waals surface area (Å²) in [4.78, 5) is 51.7. The second-order valence-electron chi connectivity index (χ2n) is 9.76. The standard InChI is InChI=1S/C27H33FN4O6/c1-16(33)23-26(37)29-12-13-38-21-7-5-4-6-19(21)24(35)31-20(14-22(34)32-23)25(36)30-15-27(2,3)17-8-10-18(28)11-9-17/h4-11,16,20,23,33H,12-15H2,1-3H3,(H,29,37)(H,30,36)(H,31,35)(H,32,34)/t16-,20+,23+/m1/s1. The first-order valence-corrected chi connectivity index (χ1v) is 12.3. The highest BCUT2D eigenvalue weighted by molar-refractivity contribution is 6.01. The molecule has 0 aliphatic carbocycles. The van der Waals surface area contributed by atoms with Gasteiger partial charge in [0.15, 0.2) is 0 Å². The molecule has 3 atom stereocenters. The minimum absolute atomic E-state index is 0.0267. The number of aliphatic hydroxyl groups is 1. The maximum atomic E-state index is 13.4. The van der Waals surface area contributed by atoms with Crippen LogP contribution in [-0.2, 0) is 19.8 Å². The Balaban J connectivity index is 1.84. The lowest BCUT2D eigenvalue weighted by Crippen LogP contribution is -2.56. The smallest absolute Gasteiger partial charge is 0.255 e. The largest absolute Gasteiger partial charge is 0.491 e. The molecule has 1 aliphatic rings. The molecule has 3 rings (SSSR count). The quantitative estimate of drug-likeness (QED) is 0.388. The fourth-order valence-corrected chi connectivity index (χ4v) is 3.93. The van der Waals surface area contributed by atoms with Crippen molar-refractivity contribution >= 4 is 23.6 Å². The number of rotatable bonds is 5. The second-order valence-corrected chi connectivity index (χ2v) is 9.76. The van der Waals surface area contributed by atoms with Crippen molar-refractivity contribution in [3.05, 3.63) is 65.5 Å². The molecule has 0 unspecified atom stereocenters. The summed E-state index contributed by atoms with van der Waals surface area (Å²) in [6.45, 7) is 5.30. The van der Waals surface area contributed by atoms with Gasteiger partial charge in [0.2, 0.25) is 17.7 Å². The fraction of sp³-hybridized carbons (Fsp3) is 0.407. The molecule has 0 spiro atoms. The van der Waals surface area contributed by atoms with Gasteiger partial charge in [0.05, 0.1) is 24.6 Å². The molecule has 204 valence electrons. The Bertz CT molecular complexity index is 1170. The summed E-state index contributed by atoms with van der Waals surface area (Å²) in [5, 5.41) is 20.4. The number of halogens is 1. The van der Waals surface area contributed by atoms with Gasteiger partial charge in [-0.2, -0.15) is 0 Å². The average molecular weight is 529 g/mol. The van der Waals surface area contributed by atoms with Gasteiger partial charge in [-0.05, 0) is 36.8 Å². The molecule has 11 heteroatoms. The molecule has 0 saturated heterocycles. The minimum atomic E-state index is -1.31. The number of ether oxygens (including phenoxy) is 1. The lowest BCUT2D eigenvalue weighted by molar-refractivity contribution is -0.133. The Morgan fingerprint density at radius 2 is 1.82 bits per heavy atom. The van der Waals surface area contributed by atoms with E-state index in [0.29, 0.717) is 0 Å². The fourth-order valence-electron chi connectivity index (χ4n) is 3.93. The van der Waals surface area contributed by atoms with Crippen molar-refractivity contribution in [1.29, 1.82) is 0 Å². The lowest BCUT2D eigenvalue weighted by Gasteiger charge is -2.28. The molecule has 10 nitrogen and oxygen atoms in total. The van der Waals surface area contributed by atoms with Gasteiger partial charge < -0.3 is 31.1 Å². The zero-order valence-corrected chi connectivity index (χ0v) is 21.5. The van der Waals surface area contributed by atoms with E-state index in [2.05, 4.69) is 21.3 Å². The maximum Gasteiger partial charge on any atom is 0.255 e. The van der Waals surface area contributed by atoms with Gasteiger partial charge in [0.25, 0.3) is 5.91 Å². The SMILES string of the molecule is C[C@@H](O)[C@@H]1NC(=O)C[C@@H](C(=O)NCC(C)(C)c2ccc(F)cc2)NC(=O)c2ccccc2OCCNC1=O. The highest BCUT2D eigenvalue weighted by atomic mass is 19.1. The predicted octanol–water partition coefficient (Wildman–Crippen LogP) is 0.782. The zero-order valence-electron chi connectivity index (χ0n) is 21.5. The number of carbonyl (C=O) groups is 4. The van der Waals surface area contributed by atoms with E-state index in [1.807, 2.05) is 13.8 Å². The second kappa shape index (κ2) is 12.5. The lowest BCUT2D eigenvalue weighted by atomic mass is 9.84. The summed E-state index contributed by atoms with van der Waals surface area (Å²) in [6.07, 6.45) is -1.71. The van der Waals surface area contributed by atoms with Crippen molar-refractivity contribution in [3.8, 4) is 5.75 Å². The molecule has 38 heavy (non-hydrogen) atoms. The number of amides is 4. The van der Waals surface area contributed by atoms with Gasteiger partial charge in [0, 0.05) is 12.0 Å². The molecule has 0 aromatic heterocycles. The van der Waals surface area contributed by atoms with Crippen LogP contribution in [0, 0.1) is 5.82 Å². The zero-order chi connectivity index (χ0) is 27.9. The van der Waals surface area contributed by atoms with Crippen molar-refractivity contribution in [2.24, 2.45) is 0 Å². The van der Waals surface area contributed by atoms with E-state index in [1.54, 1.807) is 30.3 Å². The molecule has 5 N–H and O–H groups in total. The Morgan fingerprint density at radius 1 is 1.13 bits per heavy atom. The van der Waals surface area contributed by atoms with Gasteiger partial charge in [0.1, 0.15) is 30.3 Å². The highest BCUT2D eigenvalue weighted by Crippen LogP contribution is 2.23. The van der Waals surface area contributed by atoms with Crippen LogP contribution in [0.15, 0.2) is 48.5 Å². The summed E-state index contributed by atoms with van der Waals surface area (Å²) < 4.78 is 19.0. The number of hydrogen-bond acceptors (Lipinski definition) is 6. The molecule has 2 aromatic rings. The van der Waals surface area contributed by atoms with E-state index >= 15 is 0 Å². The number of carbonyl (C=O) groups excluding carboxylic acids is 4. The first-order chi connectivity index (χ1) is 18.0. The molecule has 2 aromatic carbocycles. The van der Waals surface area contributed by atoms with Crippen molar-refractivity contribution in [2.45, 2.75) is 50.8 Å². The molecular weight excluding hydrogens is 495 g/mol. The monoisotopic (exact) mass is 528 g/mol. The van der Waals surface area contributed by atoms with Crippen molar-refractivity contribution in [1.82, 2.24) is 21.3 Å². The van der Waals surface area contributed by atoms with Crippen LogP contribution in [0.1, 0.15) is 43.1 Å². The summed E-state index contributed by atoms with van der Waals surface area (Å²) in [5.41, 5.74) is 0.346. The maximum absolute atomic E-state index is 13.4. The van der Waals surface area contributed by atoms with Gasteiger partial charge in [-0.1, -0.05) is 38.1 Å². The Hall–Kier alpha value is -3.99. The van der Waals surface area contributed by atoms with E-state index in [4.69, 9.17) is 4.74 Å². The topological polar surface area (TPSA) is 146 Å². The van der Waals surface area contributed by atoms with E-state index in [1.165, 1.54) is 25.1 Å². The Morgan fingerprint density at radius 3 is 2.50 bits per heavy atom. The third-order valence-electron chi connectivity index (χ3n) is 6.21. The number of hydrogen-bond donors (Lipinski definition) is 5. The summed E-state index contributed by atoms with van der Waals surface area (Å²) in [5.74, 6) is -2.73. The van der Waals surface area contributed by atoms with E-state index < -0.39 is 53.7 Å². The van der Waals surface area contributed by atoms with Crippen LogP contribution in [0.3, 0.4) is 0 Å². The molecule has 4 amide bonds. The molecule has 0 fully saturated rings. The molecule has 1 aliphatic heterocycles. The third-order valence-corrected chi connectivity index (χ3v) is 6.21. The van der Waals surface area contributed by atoms with Crippen molar-refractivity contribution < 1.29 is 33.4 Å². The minimum Gasteiger partial charge on any atom is -0.491 e. The Labute approximate surface area is 220 Å². The molecule has 0 saturated carbocycles. The highest BCUT2D eigenvalue weighted by Gasteiger charge is 2.31. The van der Waals surface area contributed by atoms with Crippen LogP contribution in [0.4, 0.5) is 4.39 Å². The van der Waals surface area contributed by atoms with Crippen LogP contribution < -0.4 is 26.0 Å². The number of aliphatic hydroxyl groups excluding tert-OH is 1. The van der Waals surface area contributed by atoms with Crippen LogP contribution in [0.25, 0.3) is 0 Å². The van der Waals surface area contributed by atoms with Crippen LogP contribution in [0.5, 0.6) is 5.75 Å². The number of nitrogens with one attached hydrogen (secondary N) is 4. The summed E-state index contributed by atoms with van der Waals surface area (Å²) in [6, 6.07) is 9.73. The van der Waals surface area contributed by atoms with E-state index in [9.17, 15) is 28.7 Å². The van der Waals surface area contributed by atoms with Crippen LogP contribution in [0.2, 0.25) is 0 Å². The average Bonchev–Trinajstić information content (AvgIpc) is 2.87. The number of benzene rings is 2. The van der Waals surface area contributed by atoms with Crippen molar-refractivity contribution in [3.63, 3.8) is 0 Å². The van der Waals surface area contributed by atoms with Gasteiger partial charge in [-0.3, -0.25) is 19.2 Å². The molecular formula is C27H33FN4O6. The first-order valence-electron chi connectivity index (χ1n) is 12.3. The molecule has 1 heterocycles. The number of para-hydroxylation sites is 1. The van der Waals surface area contributed by atoms with Crippen molar-refractivity contribution in [2.75, 3.05) is 19.7 Å². The van der Waals surface area contributed by atoms with Gasteiger partial charge in [-0.15, -0.1) is 0 Å². The predicted molar refractivity (Wildman–Crippen MR) is 137 cm³/mol. The van der Waals surface area contributed by atoms with Gasteiger partial charge in [-0.25, -0.2) is 4.39 Å². The van der Waals surface area contributed by atoms with Gasteiger partial charge >= 0.3 is 0 Å². The van der Waals surface area contributed by atoms with E-state index in [0.717, 1.165) is 5.56 Å². The third kappa shape index (κ3) is 7.51. The first kappa shape index (κ1) is 28.6. The Kier molecular flexibility index (Phi) is 9.40. The normalized spacial score (nSPS) is 20.0. The van der Waals surface area contributed by atoms with Crippen LogP contribution >= 0.6 is 0 Å². The summed E-state index contributed by atoms with van der Waals surface area (Å²) >= 11 is 0.